The Balaban J connectivity index is 1.60. The molecule has 0 radical (unpaired) electrons. The van der Waals surface area contributed by atoms with E-state index >= 15 is 0 Å². The van der Waals surface area contributed by atoms with Gasteiger partial charge >= 0.3 is 0 Å². The number of halogens is 1. The number of hydrogen-bond acceptors (Lipinski definition) is 4. The quantitative estimate of drug-likeness (QED) is 0.641. The van der Waals surface area contributed by atoms with Gasteiger partial charge in [-0.1, -0.05) is 19.1 Å². The van der Waals surface area contributed by atoms with Crippen molar-refractivity contribution in [1.29, 1.82) is 0 Å². The van der Waals surface area contributed by atoms with Crippen molar-refractivity contribution in [2.24, 2.45) is 5.92 Å². The van der Waals surface area contributed by atoms with Gasteiger partial charge in [-0.3, -0.25) is 14.2 Å². The van der Waals surface area contributed by atoms with Crippen LogP contribution in [0.25, 0.3) is 21.3 Å². The molecule has 2 heterocycles. The van der Waals surface area contributed by atoms with Crippen LogP contribution in [0, 0.1) is 11.7 Å². The van der Waals surface area contributed by atoms with Crippen LogP contribution in [0.3, 0.4) is 0 Å². The lowest BCUT2D eigenvalue weighted by Crippen LogP contribution is -2.42. The van der Waals surface area contributed by atoms with E-state index in [9.17, 15) is 14.0 Å². The summed E-state index contributed by atoms with van der Waals surface area (Å²) in [5, 5.41) is 2.33. The predicted molar refractivity (Wildman–Crippen MR) is 113 cm³/mol. The summed E-state index contributed by atoms with van der Waals surface area (Å²) < 4.78 is 14.6. The van der Waals surface area contributed by atoms with E-state index in [1.807, 2.05) is 12.4 Å². The number of thiophene rings is 1. The van der Waals surface area contributed by atoms with Crippen LogP contribution in [0.15, 0.2) is 40.8 Å². The molecule has 29 heavy (non-hydrogen) atoms. The lowest BCUT2D eigenvalue weighted by Gasteiger charge is -2.33. The molecule has 1 aromatic carbocycles. The SMILES string of the molecule is CC1CCC(N(C)C(=O)Cn2cnc3scc(-c4ccc(F)cc4)c3c2=O)CC1. The molecule has 5 nitrogen and oxygen atoms in total. The third kappa shape index (κ3) is 3.96. The molecule has 0 saturated heterocycles. The van der Waals surface area contributed by atoms with Gasteiger partial charge in [0.25, 0.3) is 5.56 Å². The van der Waals surface area contributed by atoms with Crippen LogP contribution >= 0.6 is 11.3 Å². The van der Waals surface area contributed by atoms with E-state index in [0.717, 1.165) is 36.8 Å². The molecule has 1 fully saturated rings. The van der Waals surface area contributed by atoms with E-state index in [1.165, 1.54) is 34.4 Å². The molecular formula is C22H24FN3O2S. The van der Waals surface area contributed by atoms with Crippen molar-refractivity contribution in [3.8, 4) is 11.1 Å². The maximum atomic E-state index is 13.3. The van der Waals surface area contributed by atoms with E-state index in [0.29, 0.717) is 16.1 Å². The summed E-state index contributed by atoms with van der Waals surface area (Å²) in [7, 11) is 1.83. The molecule has 3 aromatic rings. The van der Waals surface area contributed by atoms with Crippen LogP contribution in [0.2, 0.25) is 0 Å². The van der Waals surface area contributed by atoms with Crippen molar-refractivity contribution in [3.63, 3.8) is 0 Å². The average Bonchev–Trinajstić information content (AvgIpc) is 3.15. The third-order valence-electron chi connectivity index (χ3n) is 5.95. The zero-order valence-corrected chi connectivity index (χ0v) is 17.4. The molecule has 0 aliphatic heterocycles. The maximum absolute atomic E-state index is 13.3. The average molecular weight is 414 g/mol. The molecule has 7 heteroatoms. The van der Waals surface area contributed by atoms with Crippen LogP contribution in [-0.2, 0) is 11.3 Å². The second-order valence-corrected chi connectivity index (χ2v) is 8.79. The van der Waals surface area contributed by atoms with Crippen molar-refractivity contribution in [3.05, 3.63) is 52.1 Å². The lowest BCUT2D eigenvalue weighted by atomic mass is 9.87. The standard InChI is InChI=1S/C22H24FN3O2S/c1-14-3-9-17(10-4-14)25(2)19(27)11-26-13-24-21-20(22(26)28)18(12-29-21)15-5-7-16(23)8-6-15/h5-8,12-14,17H,3-4,9-11H2,1-2H3. The molecule has 0 spiro atoms. The number of carbonyl (C=O) groups excluding carboxylic acids is 1. The molecule has 4 rings (SSSR count). The first-order valence-corrected chi connectivity index (χ1v) is 10.8. The molecule has 1 amide bonds. The van der Waals surface area contributed by atoms with Crippen LogP contribution in [-0.4, -0.2) is 33.4 Å². The number of hydrogen-bond donors (Lipinski definition) is 0. The van der Waals surface area contributed by atoms with Gasteiger partial charge in [-0.05, 0) is 49.3 Å². The van der Waals surface area contributed by atoms with Gasteiger partial charge in [-0.25, -0.2) is 9.37 Å². The number of nitrogens with zero attached hydrogens (tertiary/aromatic N) is 3. The first kappa shape index (κ1) is 19.8. The smallest absolute Gasteiger partial charge is 0.263 e. The van der Waals surface area contributed by atoms with Gasteiger partial charge in [-0.2, -0.15) is 0 Å². The Morgan fingerprint density at radius 3 is 2.62 bits per heavy atom. The fraction of sp³-hybridized carbons (Fsp3) is 0.409. The molecule has 0 bridgehead atoms. The number of carbonyl (C=O) groups is 1. The van der Waals surface area contributed by atoms with E-state index in [1.54, 1.807) is 17.0 Å². The minimum absolute atomic E-state index is 0.0248. The summed E-state index contributed by atoms with van der Waals surface area (Å²) in [6, 6.07) is 6.28. The lowest BCUT2D eigenvalue weighted by molar-refractivity contribution is -0.133. The van der Waals surface area contributed by atoms with Crippen molar-refractivity contribution in [2.75, 3.05) is 7.05 Å². The van der Waals surface area contributed by atoms with Gasteiger partial charge in [0, 0.05) is 24.0 Å². The highest BCUT2D eigenvalue weighted by Gasteiger charge is 2.25. The van der Waals surface area contributed by atoms with Crippen LogP contribution in [0.4, 0.5) is 4.39 Å². The van der Waals surface area contributed by atoms with Crippen molar-refractivity contribution >= 4 is 27.5 Å². The van der Waals surface area contributed by atoms with E-state index in [-0.39, 0.29) is 29.9 Å². The van der Waals surface area contributed by atoms with Gasteiger partial charge in [0.1, 0.15) is 17.2 Å². The topological polar surface area (TPSA) is 55.2 Å². The normalized spacial score (nSPS) is 19.4. The van der Waals surface area contributed by atoms with Gasteiger partial charge < -0.3 is 4.90 Å². The minimum Gasteiger partial charge on any atom is -0.341 e. The molecular weight excluding hydrogens is 389 g/mol. The Labute approximate surface area is 172 Å². The van der Waals surface area contributed by atoms with E-state index in [2.05, 4.69) is 11.9 Å². The van der Waals surface area contributed by atoms with Gasteiger partial charge in [0.05, 0.1) is 11.7 Å². The van der Waals surface area contributed by atoms with Gasteiger partial charge in [0.2, 0.25) is 5.91 Å². The number of amides is 1. The largest absolute Gasteiger partial charge is 0.341 e. The van der Waals surface area contributed by atoms with Gasteiger partial charge in [0.15, 0.2) is 0 Å². The van der Waals surface area contributed by atoms with Crippen molar-refractivity contribution in [1.82, 2.24) is 14.5 Å². The van der Waals surface area contributed by atoms with Crippen molar-refractivity contribution in [2.45, 2.75) is 45.2 Å². The zero-order chi connectivity index (χ0) is 20.5. The number of fused-ring (bicyclic) bond motifs is 1. The summed E-state index contributed by atoms with van der Waals surface area (Å²) in [4.78, 5) is 32.7. The highest BCUT2D eigenvalue weighted by molar-refractivity contribution is 7.17. The Bertz CT molecular complexity index is 1080. The number of rotatable bonds is 4. The highest BCUT2D eigenvalue weighted by Crippen LogP contribution is 2.31. The number of benzene rings is 1. The summed E-state index contributed by atoms with van der Waals surface area (Å²) in [6.07, 6.45) is 5.73. The summed E-state index contributed by atoms with van der Waals surface area (Å²) in [5.41, 5.74) is 1.24. The Hall–Kier alpha value is -2.54. The van der Waals surface area contributed by atoms with Crippen molar-refractivity contribution < 1.29 is 9.18 Å². The Morgan fingerprint density at radius 1 is 1.24 bits per heavy atom. The maximum Gasteiger partial charge on any atom is 0.263 e. The summed E-state index contributed by atoms with van der Waals surface area (Å²) in [6.45, 7) is 2.22. The van der Waals surface area contributed by atoms with Crippen LogP contribution in [0.1, 0.15) is 32.6 Å². The Morgan fingerprint density at radius 2 is 1.93 bits per heavy atom. The molecule has 1 aliphatic rings. The van der Waals surface area contributed by atoms with Gasteiger partial charge in [-0.15, -0.1) is 11.3 Å². The molecule has 2 aromatic heterocycles. The first-order valence-electron chi connectivity index (χ1n) is 9.92. The van der Waals surface area contributed by atoms with Crippen LogP contribution < -0.4 is 5.56 Å². The molecule has 0 N–H and O–H groups in total. The van der Waals surface area contributed by atoms with Crippen LogP contribution in [0.5, 0.6) is 0 Å². The molecule has 152 valence electrons. The second-order valence-electron chi connectivity index (χ2n) is 7.93. The molecule has 0 atom stereocenters. The second kappa shape index (κ2) is 8.06. The van der Waals surface area contributed by atoms with E-state index in [4.69, 9.17) is 0 Å². The minimum atomic E-state index is -0.324. The molecule has 0 unspecified atom stereocenters. The monoisotopic (exact) mass is 413 g/mol. The number of aromatic nitrogens is 2. The predicted octanol–water partition coefficient (Wildman–Crippen LogP) is 4.30. The molecule has 1 saturated carbocycles. The highest BCUT2D eigenvalue weighted by atomic mass is 32.1. The fourth-order valence-corrected chi connectivity index (χ4v) is 4.92. The third-order valence-corrected chi connectivity index (χ3v) is 6.83. The first-order chi connectivity index (χ1) is 13.9. The fourth-order valence-electron chi connectivity index (χ4n) is 4.01. The summed E-state index contributed by atoms with van der Waals surface area (Å²) >= 11 is 1.37. The zero-order valence-electron chi connectivity index (χ0n) is 16.6. The Kier molecular flexibility index (Phi) is 5.50. The van der Waals surface area contributed by atoms with E-state index < -0.39 is 0 Å². The summed E-state index contributed by atoms with van der Waals surface area (Å²) in [5.74, 6) is 0.313. The number of likely N-dealkylation sites (N-methyl/N-ethyl adjacent to an activating group) is 1. The molecule has 1 aliphatic carbocycles.